The second-order valence-corrected chi connectivity index (χ2v) is 11.0. The van der Waals surface area contributed by atoms with Gasteiger partial charge in [-0.25, -0.2) is 8.42 Å². The minimum Gasteiger partial charge on any atom is -0.497 e. The van der Waals surface area contributed by atoms with E-state index in [1.807, 2.05) is 37.3 Å². The van der Waals surface area contributed by atoms with Crippen LogP contribution in [0.5, 0.6) is 5.75 Å². The number of amides is 1. The van der Waals surface area contributed by atoms with Crippen LogP contribution < -0.4 is 4.74 Å². The zero-order valence-electron chi connectivity index (χ0n) is 20.2. The number of carbonyl (C=O) groups excluding carboxylic acids is 1. The fourth-order valence-electron chi connectivity index (χ4n) is 3.42. The highest BCUT2D eigenvalue weighted by Crippen LogP contribution is 2.35. The summed E-state index contributed by atoms with van der Waals surface area (Å²) in [5.41, 5.74) is 2.53. The Hall–Kier alpha value is -3.56. The molecule has 1 amide bonds. The lowest BCUT2D eigenvalue weighted by atomic mass is 10.2. The Kier molecular flexibility index (Phi) is 7.81. The molecule has 0 spiro atoms. The molecular formula is C27H26N2O5S2. The van der Waals surface area contributed by atoms with E-state index in [-0.39, 0.29) is 32.6 Å². The number of hydrogen-bond acceptors (Lipinski definition) is 7. The van der Waals surface area contributed by atoms with E-state index in [1.165, 1.54) is 0 Å². The van der Waals surface area contributed by atoms with Crippen molar-refractivity contribution < 1.29 is 22.4 Å². The second kappa shape index (κ2) is 11.0. The summed E-state index contributed by atoms with van der Waals surface area (Å²) in [6, 6.07) is 23.1. The van der Waals surface area contributed by atoms with Crippen molar-refractivity contribution in [1.29, 1.82) is 0 Å². The molecule has 0 aliphatic carbocycles. The molecule has 0 radical (unpaired) electrons. The molecule has 0 atom stereocenters. The third-order valence-corrected chi connectivity index (χ3v) is 8.24. The molecular weight excluding hydrogens is 496 g/mol. The molecule has 3 aromatic carbocycles. The molecule has 0 saturated heterocycles. The van der Waals surface area contributed by atoms with Crippen LogP contribution in [0.1, 0.15) is 11.1 Å². The van der Waals surface area contributed by atoms with Crippen LogP contribution in [0.4, 0.5) is 0 Å². The standard InChI is InChI=1S/C27H26N2O5S2/c1-19-9-15-23(16-10-19)36(31,32)26-27(34-25(28-26)21-11-13-22(33-3)14-12-21)35-18-24(30)29(2)17-20-7-5-4-6-8-20/h4-16H,17-18H2,1-3H3. The van der Waals surface area contributed by atoms with E-state index < -0.39 is 9.84 Å². The predicted octanol–water partition coefficient (Wildman–Crippen LogP) is 5.24. The molecule has 36 heavy (non-hydrogen) atoms. The fourth-order valence-corrected chi connectivity index (χ4v) is 5.89. The summed E-state index contributed by atoms with van der Waals surface area (Å²) in [6.45, 7) is 2.33. The number of sulfone groups is 1. The lowest BCUT2D eigenvalue weighted by Crippen LogP contribution is -2.27. The Balaban J connectivity index is 1.62. The van der Waals surface area contributed by atoms with Gasteiger partial charge in [0.2, 0.25) is 31.8 Å². The van der Waals surface area contributed by atoms with Crippen molar-refractivity contribution in [2.75, 3.05) is 19.9 Å². The van der Waals surface area contributed by atoms with Crippen LogP contribution in [0.15, 0.2) is 98.3 Å². The summed E-state index contributed by atoms with van der Waals surface area (Å²) < 4.78 is 38.1. The van der Waals surface area contributed by atoms with Crippen LogP contribution in [-0.4, -0.2) is 44.1 Å². The molecule has 1 heterocycles. The maximum absolute atomic E-state index is 13.5. The first kappa shape index (κ1) is 25.5. The lowest BCUT2D eigenvalue weighted by molar-refractivity contribution is -0.127. The maximum Gasteiger partial charge on any atom is 0.233 e. The summed E-state index contributed by atoms with van der Waals surface area (Å²) in [6.07, 6.45) is 0. The smallest absolute Gasteiger partial charge is 0.233 e. The van der Waals surface area contributed by atoms with Crippen molar-refractivity contribution in [1.82, 2.24) is 9.88 Å². The van der Waals surface area contributed by atoms with Crippen molar-refractivity contribution in [3.63, 3.8) is 0 Å². The van der Waals surface area contributed by atoms with E-state index in [1.54, 1.807) is 67.6 Å². The van der Waals surface area contributed by atoms with Crippen LogP contribution in [0, 0.1) is 6.92 Å². The Morgan fingerprint density at radius 1 is 1.00 bits per heavy atom. The number of nitrogens with zero attached hydrogens (tertiary/aromatic N) is 2. The first-order valence-electron chi connectivity index (χ1n) is 11.2. The summed E-state index contributed by atoms with van der Waals surface area (Å²) in [7, 11) is -0.705. The van der Waals surface area contributed by atoms with E-state index >= 15 is 0 Å². The average molecular weight is 523 g/mol. The van der Waals surface area contributed by atoms with Gasteiger partial charge < -0.3 is 14.1 Å². The van der Waals surface area contributed by atoms with Crippen LogP contribution in [0.25, 0.3) is 11.5 Å². The molecule has 9 heteroatoms. The van der Waals surface area contributed by atoms with Gasteiger partial charge in [0.1, 0.15) is 5.75 Å². The zero-order valence-corrected chi connectivity index (χ0v) is 21.8. The minimum atomic E-state index is -3.98. The number of aromatic nitrogens is 1. The number of carbonyl (C=O) groups is 1. The van der Waals surface area contributed by atoms with Crippen molar-refractivity contribution in [2.45, 2.75) is 28.5 Å². The molecule has 7 nitrogen and oxygen atoms in total. The van der Waals surface area contributed by atoms with Crippen molar-refractivity contribution >= 4 is 27.5 Å². The highest BCUT2D eigenvalue weighted by Gasteiger charge is 2.29. The van der Waals surface area contributed by atoms with Gasteiger partial charge in [-0.3, -0.25) is 4.79 Å². The van der Waals surface area contributed by atoms with E-state index in [9.17, 15) is 13.2 Å². The van der Waals surface area contributed by atoms with Gasteiger partial charge in [0.15, 0.2) is 0 Å². The average Bonchev–Trinajstić information content (AvgIpc) is 3.33. The summed E-state index contributed by atoms with van der Waals surface area (Å²) in [4.78, 5) is 18.9. The quantitative estimate of drug-likeness (QED) is 0.278. The molecule has 0 bridgehead atoms. The van der Waals surface area contributed by atoms with Crippen LogP contribution >= 0.6 is 11.8 Å². The number of hydrogen-bond donors (Lipinski definition) is 0. The molecule has 0 saturated carbocycles. The van der Waals surface area contributed by atoms with Crippen molar-refractivity contribution in [3.05, 3.63) is 90.0 Å². The summed E-state index contributed by atoms with van der Waals surface area (Å²) in [5, 5.41) is -0.136. The third-order valence-electron chi connectivity index (χ3n) is 5.50. The van der Waals surface area contributed by atoms with Crippen LogP contribution in [0.3, 0.4) is 0 Å². The zero-order chi connectivity index (χ0) is 25.7. The van der Waals surface area contributed by atoms with Gasteiger partial charge in [0, 0.05) is 19.2 Å². The molecule has 0 unspecified atom stereocenters. The van der Waals surface area contributed by atoms with Crippen LogP contribution in [0.2, 0.25) is 0 Å². The number of benzene rings is 3. The number of thioether (sulfide) groups is 1. The van der Waals surface area contributed by atoms with Gasteiger partial charge >= 0.3 is 0 Å². The van der Waals surface area contributed by atoms with Gasteiger partial charge in [-0.15, -0.1) is 0 Å². The van der Waals surface area contributed by atoms with Gasteiger partial charge in [0.05, 0.1) is 17.8 Å². The molecule has 0 aliphatic rings. The van der Waals surface area contributed by atoms with E-state index in [0.29, 0.717) is 17.9 Å². The first-order chi connectivity index (χ1) is 17.3. The Morgan fingerprint density at radius 2 is 1.67 bits per heavy atom. The largest absolute Gasteiger partial charge is 0.497 e. The van der Waals surface area contributed by atoms with Crippen LogP contribution in [-0.2, 0) is 21.2 Å². The second-order valence-electron chi connectivity index (χ2n) is 8.18. The van der Waals surface area contributed by atoms with Gasteiger partial charge in [-0.05, 0) is 48.9 Å². The third kappa shape index (κ3) is 5.80. The molecule has 0 fully saturated rings. The van der Waals surface area contributed by atoms with E-state index in [0.717, 1.165) is 22.9 Å². The maximum atomic E-state index is 13.5. The monoisotopic (exact) mass is 522 g/mol. The molecule has 4 rings (SSSR count). The Bertz CT molecular complexity index is 1430. The van der Waals surface area contributed by atoms with E-state index in [4.69, 9.17) is 9.15 Å². The molecule has 1 aromatic heterocycles. The Morgan fingerprint density at radius 3 is 2.31 bits per heavy atom. The van der Waals surface area contributed by atoms with Crippen molar-refractivity contribution in [3.8, 4) is 17.2 Å². The first-order valence-corrected chi connectivity index (χ1v) is 13.6. The normalized spacial score (nSPS) is 11.3. The van der Waals surface area contributed by atoms with E-state index in [2.05, 4.69) is 4.98 Å². The minimum absolute atomic E-state index is 0.00298. The lowest BCUT2D eigenvalue weighted by Gasteiger charge is -2.16. The number of methoxy groups -OCH3 is 1. The topological polar surface area (TPSA) is 89.7 Å². The molecule has 0 aliphatic heterocycles. The van der Waals surface area contributed by atoms with Gasteiger partial charge in [-0.1, -0.05) is 59.8 Å². The number of oxazole rings is 1. The fraction of sp³-hybridized carbons (Fsp3) is 0.185. The van der Waals surface area contributed by atoms with Gasteiger partial charge in [0.25, 0.3) is 0 Å². The molecule has 0 N–H and O–H groups in total. The highest BCUT2D eigenvalue weighted by molar-refractivity contribution is 8.00. The summed E-state index contributed by atoms with van der Waals surface area (Å²) in [5.74, 6) is 0.636. The summed E-state index contributed by atoms with van der Waals surface area (Å²) >= 11 is 1.02. The molecule has 4 aromatic rings. The highest BCUT2D eigenvalue weighted by atomic mass is 32.2. The molecule has 186 valence electrons. The SMILES string of the molecule is COc1ccc(-c2nc(S(=O)(=O)c3ccc(C)cc3)c(SCC(=O)N(C)Cc3ccccc3)o2)cc1. The number of aryl methyl sites for hydroxylation is 1. The predicted molar refractivity (Wildman–Crippen MR) is 139 cm³/mol. The van der Waals surface area contributed by atoms with Crippen molar-refractivity contribution in [2.24, 2.45) is 0 Å². The Labute approximate surface area is 215 Å². The number of rotatable bonds is 9. The number of ether oxygens (including phenoxy) is 1. The van der Waals surface area contributed by atoms with Gasteiger partial charge in [-0.2, -0.15) is 4.98 Å².